The molecule has 0 unspecified atom stereocenters. The number of hydrogen-bond donors (Lipinski definition) is 0. The molecule has 0 atom stereocenters. The second-order valence-electron chi connectivity index (χ2n) is 7.95. The van der Waals surface area contributed by atoms with Gasteiger partial charge in [-0.1, -0.05) is 74.2 Å². The molecule has 0 aliphatic carbocycles. The molecule has 0 radical (unpaired) electrons. The molecule has 0 saturated carbocycles. The van der Waals surface area contributed by atoms with Crippen LogP contribution in [0.2, 0.25) is 0 Å². The Morgan fingerprint density at radius 2 is 1.67 bits per heavy atom. The Balaban J connectivity index is 1.68. The Hall–Kier alpha value is -0.700. The van der Waals surface area contributed by atoms with Gasteiger partial charge in [0.2, 0.25) is 0 Å². The maximum atomic E-state index is 6.03. The summed E-state index contributed by atoms with van der Waals surface area (Å²) in [5, 5.41) is 1.14. The topological polar surface area (TPSA) is 12.5 Å². The van der Waals surface area contributed by atoms with Crippen molar-refractivity contribution < 1.29 is 4.74 Å². The van der Waals surface area contributed by atoms with E-state index < -0.39 is 0 Å². The van der Waals surface area contributed by atoms with Gasteiger partial charge in [-0.2, -0.15) is 0 Å². The summed E-state index contributed by atoms with van der Waals surface area (Å²) in [4.78, 5) is 2.60. The number of halogens is 1. The largest absolute Gasteiger partial charge is 0.494 e. The first kappa shape index (κ1) is 22.6. The first-order valence-electron chi connectivity index (χ1n) is 11.4. The standard InChI is InChI=1S/C24H40BrNO/c1-2-3-4-8-11-18-26-19-13-14-22-21-23(15-16-24(22)26)27-20-12-9-6-5-7-10-17-25/h15-16,21H,2-14,17-20H2,1H3. The first-order valence-corrected chi connectivity index (χ1v) is 12.5. The van der Waals surface area contributed by atoms with Gasteiger partial charge in [-0.05, 0) is 55.9 Å². The Kier molecular flexibility index (Phi) is 12.0. The van der Waals surface area contributed by atoms with Crippen molar-refractivity contribution >= 4 is 21.6 Å². The predicted octanol–water partition coefficient (Wildman–Crippen LogP) is 7.52. The second kappa shape index (κ2) is 14.3. The molecule has 1 aliphatic rings. The van der Waals surface area contributed by atoms with Crippen molar-refractivity contribution in [2.24, 2.45) is 0 Å². The average molecular weight is 438 g/mol. The Morgan fingerprint density at radius 3 is 2.48 bits per heavy atom. The zero-order chi connectivity index (χ0) is 19.2. The molecular formula is C24H40BrNO. The smallest absolute Gasteiger partial charge is 0.119 e. The quantitative estimate of drug-likeness (QED) is 0.207. The lowest BCUT2D eigenvalue weighted by Crippen LogP contribution is -2.30. The van der Waals surface area contributed by atoms with Crippen LogP contribution in [0.3, 0.4) is 0 Å². The third kappa shape index (κ3) is 8.89. The Labute approximate surface area is 176 Å². The highest BCUT2D eigenvalue weighted by Gasteiger charge is 2.17. The molecule has 0 N–H and O–H groups in total. The lowest BCUT2D eigenvalue weighted by Gasteiger charge is -2.31. The molecule has 1 heterocycles. The number of fused-ring (bicyclic) bond motifs is 1. The SMILES string of the molecule is CCCCCCCN1CCCc2cc(OCCCCCCCCBr)ccc21. The molecule has 0 fully saturated rings. The van der Waals surface area contributed by atoms with Gasteiger partial charge in [-0.25, -0.2) is 0 Å². The van der Waals surface area contributed by atoms with Crippen LogP contribution < -0.4 is 9.64 Å². The zero-order valence-corrected chi connectivity index (χ0v) is 19.1. The maximum absolute atomic E-state index is 6.03. The molecule has 154 valence electrons. The molecule has 1 aliphatic heterocycles. The minimum Gasteiger partial charge on any atom is -0.494 e. The van der Waals surface area contributed by atoms with Gasteiger partial charge in [0.1, 0.15) is 5.75 Å². The van der Waals surface area contributed by atoms with Crippen LogP contribution in [-0.4, -0.2) is 25.0 Å². The zero-order valence-electron chi connectivity index (χ0n) is 17.5. The van der Waals surface area contributed by atoms with Crippen molar-refractivity contribution in [1.82, 2.24) is 0 Å². The molecule has 0 aromatic heterocycles. The lowest BCUT2D eigenvalue weighted by atomic mass is 10.0. The van der Waals surface area contributed by atoms with E-state index in [2.05, 4.69) is 46.0 Å². The van der Waals surface area contributed by atoms with Crippen molar-refractivity contribution in [3.05, 3.63) is 23.8 Å². The molecule has 1 aromatic carbocycles. The van der Waals surface area contributed by atoms with Crippen molar-refractivity contribution in [3.8, 4) is 5.75 Å². The van der Waals surface area contributed by atoms with Crippen LogP contribution in [0.15, 0.2) is 18.2 Å². The molecular weight excluding hydrogens is 398 g/mol. The second-order valence-corrected chi connectivity index (χ2v) is 8.75. The number of aryl methyl sites for hydroxylation is 1. The molecule has 0 amide bonds. The van der Waals surface area contributed by atoms with Crippen LogP contribution in [0.25, 0.3) is 0 Å². The minimum atomic E-state index is 0.859. The van der Waals surface area contributed by atoms with E-state index in [1.807, 2.05) is 0 Å². The first-order chi connectivity index (χ1) is 13.3. The maximum Gasteiger partial charge on any atom is 0.119 e. The molecule has 3 heteroatoms. The number of unbranched alkanes of at least 4 members (excludes halogenated alkanes) is 9. The molecule has 27 heavy (non-hydrogen) atoms. The van der Waals surface area contributed by atoms with E-state index in [4.69, 9.17) is 4.74 Å². The van der Waals surface area contributed by atoms with Gasteiger partial charge in [0, 0.05) is 24.1 Å². The summed E-state index contributed by atoms with van der Waals surface area (Å²) in [5.74, 6) is 1.07. The number of hydrogen-bond acceptors (Lipinski definition) is 2. The Morgan fingerprint density at radius 1 is 0.926 bits per heavy atom. The van der Waals surface area contributed by atoms with E-state index in [0.29, 0.717) is 0 Å². The van der Waals surface area contributed by atoms with Gasteiger partial charge in [0.15, 0.2) is 0 Å². The van der Waals surface area contributed by atoms with Crippen LogP contribution in [0.5, 0.6) is 5.75 Å². The average Bonchev–Trinajstić information content (AvgIpc) is 2.69. The fraction of sp³-hybridized carbons (Fsp3) is 0.750. The van der Waals surface area contributed by atoms with Gasteiger partial charge in [-0.3, -0.25) is 0 Å². The molecule has 2 nitrogen and oxygen atoms in total. The van der Waals surface area contributed by atoms with Gasteiger partial charge in [0.25, 0.3) is 0 Å². The van der Waals surface area contributed by atoms with Gasteiger partial charge < -0.3 is 9.64 Å². The van der Waals surface area contributed by atoms with Crippen LogP contribution >= 0.6 is 15.9 Å². The van der Waals surface area contributed by atoms with Crippen molar-refractivity contribution in [1.29, 1.82) is 0 Å². The fourth-order valence-corrected chi connectivity index (χ4v) is 4.37. The summed E-state index contributed by atoms with van der Waals surface area (Å²) in [6.45, 7) is 5.58. The number of ether oxygens (including phenoxy) is 1. The van der Waals surface area contributed by atoms with Gasteiger partial charge >= 0.3 is 0 Å². The van der Waals surface area contributed by atoms with E-state index in [9.17, 15) is 0 Å². The fourth-order valence-electron chi connectivity index (χ4n) is 3.97. The molecule has 0 bridgehead atoms. The van der Waals surface area contributed by atoms with Crippen LogP contribution in [0.4, 0.5) is 5.69 Å². The third-order valence-electron chi connectivity index (χ3n) is 5.59. The normalized spacial score (nSPS) is 13.6. The number of anilines is 1. The molecule has 1 aromatic rings. The van der Waals surface area contributed by atoms with E-state index in [-0.39, 0.29) is 0 Å². The molecule has 0 spiro atoms. The summed E-state index contributed by atoms with van der Waals surface area (Å²) in [7, 11) is 0. The van der Waals surface area contributed by atoms with Gasteiger partial charge in [-0.15, -0.1) is 0 Å². The molecule has 2 rings (SSSR count). The van der Waals surface area contributed by atoms with E-state index >= 15 is 0 Å². The van der Waals surface area contributed by atoms with Gasteiger partial charge in [0.05, 0.1) is 6.61 Å². The monoisotopic (exact) mass is 437 g/mol. The number of benzene rings is 1. The van der Waals surface area contributed by atoms with Crippen molar-refractivity contribution in [3.63, 3.8) is 0 Å². The van der Waals surface area contributed by atoms with E-state index in [0.717, 1.165) is 17.7 Å². The Bertz CT molecular complexity index is 505. The van der Waals surface area contributed by atoms with Crippen LogP contribution in [-0.2, 0) is 6.42 Å². The highest BCUT2D eigenvalue weighted by Crippen LogP contribution is 2.31. The summed E-state index contributed by atoms with van der Waals surface area (Å²) >= 11 is 3.50. The summed E-state index contributed by atoms with van der Waals surface area (Å²) < 4.78 is 6.03. The lowest BCUT2D eigenvalue weighted by molar-refractivity contribution is 0.304. The minimum absolute atomic E-state index is 0.859. The highest BCUT2D eigenvalue weighted by atomic mass is 79.9. The van der Waals surface area contributed by atoms with Crippen molar-refractivity contribution in [2.45, 2.75) is 90.4 Å². The molecule has 0 saturated heterocycles. The highest BCUT2D eigenvalue weighted by molar-refractivity contribution is 9.09. The van der Waals surface area contributed by atoms with Crippen LogP contribution in [0, 0.1) is 0 Å². The van der Waals surface area contributed by atoms with Crippen molar-refractivity contribution in [2.75, 3.05) is 29.9 Å². The van der Waals surface area contributed by atoms with E-state index in [1.54, 1.807) is 0 Å². The van der Waals surface area contributed by atoms with E-state index in [1.165, 1.54) is 108 Å². The number of alkyl halides is 1. The summed E-state index contributed by atoms with van der Waals surface area (Å²) in [6.07, 6.45) is 17.1. The number of nitrogens with zero attached hydrogens (tertiary/aromatic N) is 1. The third-order valence-corrected chi connectivity index (χ3v) is 6.15. The van der Waals surface area contributed by atoms with Crippen LogP contribution in [0.1, 0.15) is 89.5 Å². The predicted molar refractivity (Wildman–Crippen MR) is 123 cm³/mol. The number of rotatable bonds is 15. The summed E-state index contributed by atoms with van der Waals surface area (Å²) in [5.41, 5.74) is 2.94. The summed E-state index contributed by atoms with van der Waals surface area (Å²) in [6, 6.07) is 6.79.